The molecule has 2 N–H and O–H groups in total. The average molecular weight is 260 g/mol. The largest absolute Gasteiger partial charge is 0.466 e. The van der Waals surface area contributed by atoms with Crippen molar-refractivity contribution in [1.29, 1.82) is 0 Å². The molecule has 6 heteroatoms. The van der Waals surface area contributed by atoms with Crippen LogP contribution in [0.15, 0.2) is 0 Å². The summed E-state index contributed by atoms with van der Waals surface area (Å²) in [5, 5.41) is 5.75. The number of rotatable bonds is 10. The van der Waals surface area contributed by atoms with Crippen molar-refractivity contribution in [1.82, 2.24) is 10.6 Å². The number of carbonyl (C=O) groups is 2. The van der Waals surface area contributed by atoms with E-state index in [4.69, 9.17) is 9.47 Å². The summed E-state index contributed by atoms with van der Waals surface area (Å²) in [5.74, 6) is -0.270. The molecule has 0 spiro atoms. The molecule has 0 aromatic rings. The second-order valence-electron chi connectivity index (χ2n) is 4.01. The van der Waals surface area contributed by atoms with Crippen molar-refractivity contribution >= 4 is 11.9 Å². The first-order chi connectivity index (χ1) is 8.60. The van der Waals surface area contributed by atoms with Crippen molar-refractivity contribution < 1.29 is 19.1 Å². The molecule has 18 heavy (non-hydrogen) atoms. The molecular weight excluding hydrogens is 236 g/mol. The zero-order valence-corrected chi connectivity index (χ0v) is 11.5. The predicted molar refractivity (Wildman–Crippen MR) is 68.2 cm³/mol. The fraction of sp³-hybridized carbons (Fsp3) is 0.833. The fourth-order valence-corrected chi connectivity index (χ4v) is 1.41. The molecule has 0 radical (unpaired) electrons. The minimum atomic E-state index is -0.197. The van der Waals surface area contributed by atoms with Crippen molar-refractivity contribution in [3.05, 3.63) is 0 Å². The van der Waals surface area contributed by atoms with Crippen LogP contribution >= 0.6 is 0 Å². The topological polar surface area (TPSA) is 76.7 Å². The van der Waals surface area contributed by atoms with Crippen LogP contribution in [0, 0.1) is 0 Å². The van der Waals surface area contributed by atoms with Gasteiger partial charge < -0.3 is 20.1 Å². The van der Waals surface area contributed by atoms with Crippen LogP contribution in [0.3, 0.4) is 0 Å². The average Bonchev–Trinajstić information content (AvgIpc) is 2.29. The molecule has 6 nitrogen and oxygen atoms in total. The van der Waals surface area contributed by atoms with Crippen LogP contribution < -0.4 is 10.6 Å². The summed E-state index contributed by atoms with van der Waals surface area (Å²) in [4.78, 5) is 22.4. The van der Waals surface area contributed by atoms with Gasteiger partial charge in [0.2, 0.25) is 5.91 Å². The van der Waals surface area contributed by atoms with Gasteiger partial charge in [0.15, 0.2) is 0 Å². The monoisotopic (exact) mass is 260 g/mol. The zero-order valence-electron chi connectivity index (χ0n) is 11.5. The number of methoxy groups -OCH3 is 1. The van der Waals surface area contributed by atoms with E-state index in [1.165, 1.54) is 0 Å². The van der Waals surface area contributed by atoms with Crippen LogP contribution in [-0.4, -0.2) is 51.3 Å². The van der Waals surface area contributed by atoms with Gasteiger partial charge in [0.1, 0.15) is 0 Å². The maximum atomic E-state index is 11.4. The van der Waals surface area contributed by atoms with Gasteiger partial charge in [0.05, 0.1) is 19.8 Å². The summed E-state index contributed by atoms with van der Waals surface area (Å²) in [6, 6.07) is 0.00355. The molecule has 0 saturated heterocycles. The molecule has 0 aromatic heterocycles. The van der Waals surface area contributed by atoms with E-state index in [2.05, 4.69) is 10.6 Å². The Morgan fingerprint density at radius 1 is 1.33 bits per heavy atom. The van der Waals surface area contributed by atoms with Gasteiger partial charge in [-0.25, -0.2) is 0 Å². The van der Waals surface area contributed by atoms with Gasteiger partial charge in [-0.1, -0.05) is 0 Å². The third-order valence-corrected chi connectivity index (χ3v) is 2.15. The van der Waals surface area contributed by atoms with Gasteiger partial charge >= 0.3 is 5.97 Å². The number of ether oxygens (including phenoxy) is 2. The maximum Gasteiger partial charge on any atom is 0.305 e. The van der Waals surface area contributed by atoms with Crippen LogP contribution in [0.2, 0.25) is 0 Å². The van der Waals surface area contributed by atoms with Crippen LogP contribution in [0.1, 0.15) is 26.7 Å². The number of hydrogen-bond acceptors (Lipinski definition) is 5. The molecule has 0 aliphatic carbocycles. The Balaban J connectivity index is 3.43. The number of esters is 1. The molecule has 0 fully saturated rings. The second-order valence-corrected chi connectivity index (χ2v) is 4.01. The SMILES string of the molecule is CCOC(=O)CCCNCC(=O)NC(C)COC. The van der Waals surface area contributed by atoms with E-state index >= 15 is 0 Å². The Bertz CT molecular complexity index is 246. The highest BCUT2D eigenvalue weighted by atomic mass is 16.5. The Morgan fingerprint density at radius 2 is 2.06 bits per heavy atom. The van der Waals surface area contributed by atoms with Crippen molar-refractivity contribution in [2.75, 3.05) is 33.4 Å². The molecule has 0 saturated carbocycles. The van der Waals surface area contributed by atoms with Gasteiger partial charge in [-0.3, -0.25) is 9.59 Å². The first-order valence-corrected chi connectivity index (χ1v) is 6.24. The quantitative estimate of drug-likeness (QED) is 0.429. The summed E-state index contributed by atoms with van der Waals surface area (Å²) in [6.45, 7) is 5.42. The highest BCUT2D eigenvalue weighted by molar-refractivity contribution is 5.78. The maximum absolute atomic E-state index is 11.4. The van der Waals surface area contributed by atoms with Gasteiger partial charge in [0, 0.05) is 19.6 Å². The van der Waals surface area contributed by atoms with Crippen molar-refractivity contribution in [2.45, 2.75) is 32.7 Å². The first kappa shape index (κ1) is 16.9. The minimum absolute atomic E-state index is 0.00355. The first-order valence-electron chi connectivity index (χ1n) is 6.24. The third-order valence-electron chi connectivity index (χ3n) is 2.15. The van der Waals surface area contributed by atoms with Gasteiger partial charge in [-0.15, -0.1) is 0 Å². The second kappa shape index (κ2) is 11.0. The Morgan fingerprint density at radius 3 is 2.67 bits per heavy atom. The van der Waals surface area contributed by atoms with Crippen molar-refractivity contribution in [3.63, 3.8) is 0 Å². The number of hydrogen-bond donors (Lipinski definition) is 2. The van der Waals surface area contributed by atoms with E-state index in [1.807, 2.05) is 6.92 Å². The Labute approximate surface area is 108 Å². The van der Waals surface area contributed by atoms with Crippen molar-refractivity contribution in [2.24, 2.45) is 0 Å². The Kier molecular flexibility index (Phi) is 10.3. The molecule has 0 bridgehead atoms. The molecule has 0 aliphatic rings. The normalized spacial score (nSPS) is 11.9. The number of carbonyl (C=O) groups excluding carboxylic acids is 2. The fourth-order valence-electron chi connectivity index (χ4n) is 1.41. The van der Waals surface area contributed by atoms with Gasteiger partial charge in [-0.05, 0) is 26.8 Å². The van der Waals surface area contributed by atoms with Crippen molar-refractivity contribution in [3.8, 4) is 0 Å². The lowest BCUT2D eigenvalue weighted by molar-refractivity contribution is -0.143. The Hall–Kier alpha value is -1.14. The molecule has 1 atom stereocenters. The molecule has 106 valence electrons. The smallest absolute Gasteiger partial charge is 0.305 e. The van der Waals surface area contributed by atoms with Gasteiger partial charge in [0.25, 0.3) is 0 Å². The van der Waals surface area contributed by atoms with E-state index < -0.39 is 0 Å². The standard InChI is InChI=1S/C12H24N2O4/c1-4-18-12(16)6-5-7-13-8-11(15)14-10(2)9-17-3/h10,13H,4-9H2,1-3H3,(H,14,15). The third kappa shape index (κ3) is 10.0. The van der Waals surface area contributed by atoms with E-state index in [0.29, 0.717) is 32.6 Å². The highest BCUT2D eigenvalue weighted by Gasteiger charge is 2.06. The molecule has 1 amide bonds. The highest BCUT2D eigenvalue weighted by Crippen LogP contribution is 1.91. The summed E-state index contributed by atoms with van der Waals surface area (Å²) < 4.78 is 9.70. The minimum Gasteiger partial charge on any atom is -0.466 e. The van der Waals surface area contributed by atoms with E-state index in [0.717, 1.165) is 0 Å². The summed E-state index contributed by atoms with van der Waals surface area (Å²) in [7, 11) is 1.59. The summed E-state index contributed by atoms with van der Waals surface area (Å²) in [6.07, 6.45) is 1.04. The van der Waals surface area contributed by atoms with Crippen LogP contribution in [0.5, 0.6) is 0 Å². The molecule has 0 aromatic carbocycles. The zero-order chi connectivity index (χ0) is 13.8. The molecule has 1 unspecified atom stereocenters. The summed E-state index contributed by atoms with van der Waals surface area (Å²) in [5.41, 5.74) is 0. The van der Waals surface area contributed by atoms with E-state index in [1.54, 1.807) is 14.0 Å². The molecule has 0 rings (SSSR count). The van der Waals surface area contributed by atoms with Gasteiger partial charge in [-0.2, -0.15) is 0 Å². The molecular formula is C12H24N2O4. The number of nitrogens with one attached hydrogen (secondary N) is 2. The lowest BCUT2D eigenvalue weighted by Gasteiger charge is -2.12. The van der Waals surface area contributed by atoms with Crippen LogP contribution in [0.4, 0.5) is 0 Å². The van der Waals surface area contributed by atoms with E-state index in [-0.39, 0.29) is 24.5 Å². The predicted octanol–water partition coefficient (Wildman–Crippen LogP) is 0.0704. The molecule has 0 aliphatic heterocycles. The van der Waals surface area contributed by atoms with Crippen LogP contribution in [0.25, 0.3) is 0 Å². The summed E-state index contributed by atoms with van der Waals surface area (Å²) >= 11 is 0. The number of amides is 1. The molecule has 0 heterocycles. The lowest BCUT2D eigenvalue weighted by atomic mass is 10.3. The van der Waals surface area contributed by atoms with E-state index in [9.17, 15) is 9.59 Å². The van der Waals surface area contributed by atoms with Crippen LogP contribution in [-0.2, 0) is 19.1 Å². The lowest BCUT2D eigenvalue weighted by Crippen LogP contribution is -2.41.